The van der Waals surface area contributed by atoms with Crippen LogP contribution >= 0.6 is 0 Å². The van der Waals surface area contributed by atoms with Crippen LogP contribution in [0.5, 0.6) is 0 Å². The van der Waals surface area contributed by atoms with Gasteiger partial charge in [-0.1, -0.05) is 18.2 Å². The third-order valence-electron chi connectivity index (χ3n) is 5.12. The topological polar surface area (TPSA) is 80.4 Å². The molecular formula is C21H22N4O3. The summed E-state index contributed by atoms with van der Waals surface area (Å²) in [6.45, 7) is 1.60. The molecule has 0 saturated carbocycles. The summed E-state index contributed by atoms with van der Waals surface area (Å²) in [5.41, 5.74) is 2.51. The van der Waals surface area contributed by atoms with Crippen molar-refractivity contribution in [3.63, 3.8) is 0 Å². The van der Waals surface area contributed by atoms with Crippen molar-refractivity contribution in [1.82, 2.24) is 20.0 Å². The summed E-state index contributed by atoms with van der Waals surface area (Å²) >= 11 is 0. The lowest BCUT2D eigenvalue weighted by Crippen LogP contribution is -2.42. The van der Waals surface area contributed by atoms with Crippen LogP contribution < -0.4 is 5.32 Å². The van der Waals surface area contributed by atoms with Gasteiger partial charge in [-0.2, -0.15) is 5.10 Å². The van der Waals surface area contributed by atoms with Gasteiger partial charge in [-0.15, -0.1) is 0 Å². The van der Waals surface area contributed by atoms with Gasteiger partial charge in [0.15, 0.2) is 0 Å². The van der Waals surface area contributed by atoms with Crippen LogP contribution in [0.15, 0.2) is 65.7 Å². The Balaban J connectivity index is 1.32. The molecule has 7 nitrogen and oxygen atoms in total. The fourth-order valence-corrected chi connectivity index (χ4v) is 3.54. The summed E-state index contributed by atoms with van der Waals surface area (Å²) in [5, 5.41) is 7.31. The van der Waals surface area contributed by atoms with Crippen LogP contribution in [-0.2, 0) is 11.3 Å². The second-order valence-corrected chi connectivity index (χ2v) is 6.88. The highest BCUT2D eigenvalue weighted by molar-refractivity contribution is 5.94. The van der Waals surface area contributed by atoms with Crippen LogP contribution in [0.2, 0.25) is 0 Å². The lowest BCUT2D eigenvalue weighted by molar-refractivity contribution is -0.126. The lowest BCUT2D eigenvalue weighted by atomic mass is 9.95. The lowest BCUT2D eigenvalue weighted by Gasteiger charge is -2.31. The van der Waals surface area contributed by atoms with Gasteiger partial charge in [0.25, 0.3) is 5.91 Å². The van der Waals surface area contributed by atoms with Gasteiger partial charge in [-0.25, -0.2) is 4.68 Å². The van der Waals surface area contributed by atoms with Gasteiger partial charge >= 0.3 is 0 Å². The molecule has 3 aromatic rings. The van der Waals surface area contributed by atoms with Crippen molar-refractivity contribution >= 4 is 11.8 Å². The molecule has 0 aliphatic carbocycles. The molecule has 0 radical (unpaired) electrons. The molecule has 144 valence electrons. The van der Waals surface area contributed by atoms with E-state index in [1.165, 1.54) is 12.5 Å². The molecular weight excluding hydrogens is 356 g/mol. The quantitative estimate of drug-likeness (QED) is 0.740. The zero-order valence-electron chi connectivity index (χ0n) is 15.5. The number of carbonyl (C=O) groups excluding carboxylic acids is 2. The molecule has 1 aliphatic heterocycles. The first-order valence-electron chi connectivity index (χ1n) is 9.39. The van der Waals surface area contributed by atoms with E-state index in [0.717, 1.165) is 11.3 Å². The van der Waals surface area contributed by atoms with Crippen molar-refractivity contribution in [1.29, 1.82) is 0 Å². The Hall–Kier alpha value is -3.35. The summed E-state index contributed by atoms with van der Waals surface area (Å²) in [7, 11) is 0. The molecule has 0 atom stereocenters. The van der Waals surface area contributed by atoms with Gasteiger partial charge in [0.1, 0.15) is 6.26 Å². The van der Waals surface area contributed by atoms with Crippen molar-refractivity contribution in [3.05, 3.63) is 72.4 Å². The number of aromatic nitrogens is 2. The van der Waals surface area contributed by atoms with Crippen LogP contribution in [0.25, 0.3) is 5.69 Å². The number of amides is 2. The molecule has 28 heavy (non-hydrogen) atoms. The molecule has 7 heteroatoms. The summed E-state index contributed by atoms with van der Waals surface area (Å²) in [6.07, 6.45) is 7.89. The van der Waals surface area contributed by atoms with Crippen LogP contribution in [0.1, 0.15) is 28.8 Å². The Kier molecular flexibility index (Phi) is 5.23. The molecule has 1 fully saturated rings. The molecule has 0 spiro atoms. The standard InChI is InChI=1S/C21H22N4O3/c26-20(16-6-11-24(12-7-16)21(27)18-8-13-28-15-18)22-14-17-4-1-2-5-19(17)25-10-3-9-23-25/h1-5,8-10,13,15-16H,6-7,11-12,14H2,(H,22,26). The minimum Gasteiger partial charge on any atom is -0.472 e. The maximum atomic E-state index is 12.6. The van der Waals surface area contributed by atoms with Gasteiger partial charge in [0.05, 0.1) is 17.5 Å². The highest BCUT2D eigenvalue weighted by Gasteiger charge is 2.28. The Labute approximate surface area is 162 Å². The third kappa shape index (κ3) is 3.83. The molecule has 0 unspecified atom stereocenters. The number of nitrogens with zero attached hydrogens (tertiary/aromatic N) is 3. The van der Waals surface area contributed by atoms with Crippen LogP contribution in [0.4, 0.5) is 0 Å². The monoisotopic (exact) mass is 378 g/mol. The van der Waals surface area contributed by atoms with Gasteiger partial charge in [-0.3, -0.25) is 9.59 Å². The van der Waals surface area contributed by atoms with E-state index in [9.17, 15) is 9.59 Å². The normalized spacial score (nSPS) is 14.8. The molecule has 4 rings (SSSR count). The van der Waals surface area contributed by atoms with E-state index in [1.54, 1.807) is 21.8 Å². The number of carbonyl (C=O) groups is 2. The highest BCUT2D eigenvalue weighted by Crippen LogP contribution is 2.20. The number of benzene rings is 1. The van der Waals surface area contributed by atoms with Crippen molar-refractivity contribution in [2.24, 2.45) is 5.92 Å². The SMILES string of the molecule is O=C(NCc1ccccc1-n1cccn1)C1CCN(C(=O)c2ccoc2)CC1. The summed E-state index contributed by atoms with van der Waals surface area (Å²) < 4.78 is 6.77. The van der Waals surface area contributed by atoms with Gasteiger partial charge in [-0.05, 0) is 36.6 Å². The number of hydrogen-bond donors (Lipinski definition) is 1. The summed E-state index contributed by atoms with van der Waals surface area (Å²) in [4.78, 5) is 26.8. The maximum Gasteiger partial charge on any atom is 0.257 e. The number of likely N-dealkylation sites (tertiary alicyclic amines) is 1. The van der Waals surface area contributed by atoms with Crippen molar-refractivity contribution in [3.8, 4) is 5.69 Å². The van der Waals surface area contributed by atoms with E-state index in [2.05, 4.69) is 10.4 Å². The van der Waals surface area contributed by atoms with Crippen LogP contribution in [-0.4, -0.2) is 39.6 Å². The number of furan rings is 1. The predicted octanol–water partition coefficient (Wildman–Crippen LogP) is 2.63. The number of para-hydroxylation sites is 1. The third-order valence-corrected chi connectivity index (χ3v) is 5.12. The Morgan fingerprint density at radius 3 is 2.68 bits per heavy atom. The van der Waals surface area contributed by atoms with Crippen molar-refractivity contribution in [2.75, 3.05) is 13.1 Å². The van der Waals surface area contributed by atoms with E-state index in [0.29, 0.717) is 38.0 Å². The Bertz CT molecular complexity index is 926. The molecule has 3 heterocycles. The number of rotatable bonds is 5. The van der Waals surface area contributed by atoms with Crippen molar-refractivity contribution in [2.45, 2.75) is 19.4 Å². The zero-order chi connectivity index (χ0) is 19.3. The molecule has 1 aromatic carbocycles. The maximum absolute atomic E-state index is 12.6. The summed E-state index contributed by atoms with van der Waals surface area (Å²) in [5.74, 6) is -0.0864. The minimum absolute atomic E-state index is 0.0330. The smallest absolute Gasteiger partial charge is 0.257 e. The first kappa shape index (κ1) is 18.0. The van der Waals surface area contributed by atoms with Gasteiger partial charge in [0.2, 0.25) is 5.91 Å². The van der Waals surface area contributed by atoms with E-state index in [4.69, 9.17) is 4.42 Å². The minimum atomic E-state index is -0.0785. The van der Waals surface area contributed by atoms with Gasteiger partial charge in [0, 0.05) is 37.9 Å². The molecule has 1 aliphatic rings. The first-order chi connectivity index (χ1) is 13.7. The second-order valence-electron chi connectivity index (χ2n) is 6.88. The number of hydrogen-bond acceptors (Lipinski definition) is 4. The Morgan fingerprint density at radius 1 is 1.14 bits per heavy atom. The predicted molar refractivity (Wildman–Crippen MR) is 103 cm³/mol. The highest BCUT2D eigenvalue weighted by atomic mass is 16.3. The fourth-order valence-electron chi connectivity index (χ4n) is 3.54. The van der Waals surface area contributed by atoms with Crippen LogP contribution in [0.3, 0.4) is 0 Å². The van der Waals surface area contributed by atoms with Crippen molar-refractivity contribution < 1.29 is 14.0 Å². The van der Waals surface area contributed by atoms with Gasteiger partial charge < -0.3 is 14.6 Å². The first-order valence-corrected chi connectivity index (χ1v) is 9.39. The number of nitrogens with one attached hydrogen (secondary N) is 1. The zero-order valence-corrected chi connectivity index (χ0v) is 15.5. The second kappa shape index (κ2) is 8.12. The molecule has 2 aromatic heterocycles. The van der Waals surface area contributed by atoms with E-state index in [-0.39, 0.29) is 17.7 Å². The van der Waals surface area contributed by atoms with Crippen LogP contribution in [0, 0.1) is 5.92 Å². The average molecular weight is 378 g/mol. The van der Waals surface area contributed by atoms with E-state index >= 15 is 0 Å². The Morgan fingerprint density at radius 2 is 1.96 bits per heavy atom. The number of piperidine rings is 1. The fraction of sp³-hybridized carbons (Fsp3) is 0.286. The van der Waals surface area contributed by atoms with E-state index < -0.39 is 0 Å². The molecule has 2 amide bonds. The van der Waals surface area contributed by atoms with E-state index in [1.807, 2.05) is 36.5 Å². The molecule has 1 N–H and O–H groups in total. The average Bonchev–Trinajstić information content (AvgIpc) is 3.46. The summed E-state index contributed by atoms with van der Waals surface area (Å²) in [6, 6.07) is 11.4. The molecule has 1 saturated heterocycles. The molecule has 0 bridgehead atoms. The largest absolute Gasteiger partial charge is 0.472 e.